The maximum absolute atomic E-state index is 12.4. The maximum Gasteiger partial charge on any atom is 0.356 e. The van der Waals surface area contributed by atoms with Gasteiger partial charge in [-0.25, -0.2) is 9.59 Å². The quantitative estimate of drug-likeness (QED) is 0.797. The van der Waals surface area contributed by atoms with E-state index in [4.69, 9.17) is 5.11 Å². The summed E-state index contributed by atoms with van der Waals surface area (Å²) >= 11 is 0. The number of carboxylic acid groups (broad SMARTS) is 1. The summed E-state index contributed by atoms with van der Waals surface area (Å²) in [6.07, 6.45) is 3.49. The third-order valence-corrected chi connectivity index (χ3v) is 3.88. The van der Waals surface area contributed by atoms with Gasteiger partial charge in [0.15, 0.2) is 5.69 Å². The van der Waals surface area contributed by atoms with E-state index < -0.39 is 5.97 Å². The van der Waals surface area contributed by atoms with Crippen LogP contribution >= 0.6 is 0 Å². The molecule has 3 rings (SSSR count). The molecule has 7 heteroatoms. The first-order valence-corrected chi connectivity index (χ1v) is 7.56. The Labute approximate surface area is 138 Å². The summed E-state index contributed by atoms with van der Waals surface area (Å²) in [5.74, 6) is -1.07. The summed E-state index contributed by atoms with van der Waals surface area (Å²) in [7, 11) is 1.69. The number of hydrogen-bond acceptors (Lipinski definition) is 3. The van der Waals surface area contributed by atoms with Crippen molar-refractivity contribution in [2.45, 2.75) is 19.9 Å². The van der Waals surface area contributed by atoms with Crippen molar-refractivity contribution in [3.8, 4) is 16.9 Å². The predicted octanol–water partition coefficient (Wildman–Crippen LogP) is 2.32. The number of hydrogen-bond donors (Lipinski definition) is 1. The number of carbonyl (C=O) groups is 1. The second-order valence-corrected chi connectivity index (χ2v) is 5.85. The van der Waals surface area contributed by atoms with Gasteiger partial charge in [-0.2, -0.15) is 5.10 Å². The summed E-state index contributed by atoms with van der Waals surface area (Å²) in [6.45, 7) is 3.90. The molecule has 0 amide bonds. The third kappa shape index (κ3) is 2.64. The topological polar surface area (TPSA) is 82.0 Å². The minimum absolute atomic E-state index is 0.0129. The van der Waals surface area contributed by atoms with Crippen LogP contribution in [0.4, 0.5) is 0 Å². The standard InChI is InChI=1S/C17H18N4O3/c1-11(2)20-7-8-21(17(20)24)13-6-4-5-12(9-13)15-10-14(16(22)23)18-19(15)3/h4-11H,1-3H3,(H,22,23). The van der Waals surface area contributed by atoms with Gasteiger partial charge in [0.05, 0.1) is 11.4 Å². The summed E-state index contributed by atoms with van der Waals surface area (Å²) in [6, 6.07) is 8.97. The molecule has 0 saturated heterocycles. The van der Waals surface area contributed by atoms with E-state index >= 15 is 0 Å². The Balaban J connectivity index is 2.07. The van der Waals surface area contributed by atoms with Gasteiger partial charge in [-0.15, -0.1) is 0 Å². The summed E-state index contributed by atoms with van der Waals surface area (Å²) in [5, 5.41) is 13.0. The van der Waals surface area contributed by atoms with Gasteiger partial charge < -0.3 is 5.11 Å². The van der Waals surface area contributed by atoms with Crippen LogP contribution in [0, 0.1) is 0 Å². The van der Waals surface area contributed by atoms with E-state index in [0.717, 1.165) is 11.3 Å². The number of carboxylic acids is 1. The van der Waals surface area contributed by atoms with Crippen molar-refractivity contribution in [2.75, 3.05) is 0 Å². The number of aromatic carboxylic acids is 1. The number of aryl methyl sites for hydroxylation is 1. The average Bonchev–Trinajstić information content (AvgIpc) is 3.10. The van der Waals surface area contributed by atoms with Gasteiger partial charge in [0.1, 0.15) is 0 Å². The highest BCUT2D eigenvalue weighted by Gasteiger charge is 2.14. The molecule has 0 radical (unpaired) electrons. The lowest BCUT2D eigenvalue weighted by Crippen LogP contribution is -2.24. The second-order valence-electron chi connectivity index (χ2n) is 5.85. The van der Waals surface area contributed by atoms with Gasteiger partial charge in [-0.3, -0.25) is 13.8 Å². The Morgan fingerprint density at radius 2 is 1.96 bits per heavy atom. The average molecular weight is 326 g/mol. The number of rotatable bonds is 4. The Morgan fingerprint density at radius 3 is 2.54 bits per heavy atom. The van der Waals surface area contributed by atoms with Crippen LogP contribution in [0.3, 0.4) is 0 Å². The van der Waals surface area contributed by atoms with Gasteiger partial charge in [0.25, 0.3) is 0 Å². The monoisotopic (exact) mass is 326 g/mol. The lowest BCUT2D eigenvalue weighted by Gasteiger charge is -2.07. The van der Waals surface area contributed by atoms with E-state index in [-0.39, 0.29) is 17.4 Å². The van der Waals surface area contributed by atoms with Crippen molar-refractivity contribution in [3.05, 3.63) is 58.9 Å². The van der Waals surface area contributed by atoms with Crippen LogP contribution in [0.1, 0.15) is 30.4 Å². The van der Waals surface area contributed by atoms with Crippen LogP contribution in [-0.4, -0.2) is 30.0 Å². The zero-order valence-corrected chi connectivity index (χ0v) is 13.7. The first kappa shape index (κ1) is 15.8. The maximum atomic E-state index is 12.4. The molecule has 2 heterocycles. The molecule has 0 aliphatic carbocycles. The van der Waals surface area contributed by atoms with Crippen LogP contribution < -0.4 is 5.69 Å². The van der Waals surface area contributed by atoms with Crippen LogP contribution in [0.2, 0.25) is 0 Å². The molecule has 3 aromatic rings. The Morgan fingerprint density at radius 1 is 1.21 bits per heavy atom. The van der Waals surface area contributed by atoms with Crippen molar-refractivity contribution in [1.29, 1.82) is 0 Å². The van der Waals surface area contributed by atoms with Crippen molar-refractivity contribution >= 4 is 5.97 Å². The van der Waals surface area contributed by atoms with Crippen molar-refractivity contribution in [3.63, 3.8) is 0 Å². The number of imidazole rings is 1. The molecule has 2 aromatic heterocycles. The van der Waals surface area contributed by atoms with Gasteiger partial charge >= 0.3 is 11.7 Å². The van der Waals surface area contributed by atoms with E-state index in [1.807, 2.05) is 38.1 Å². The van der Waals surface area contributed by atoms with Gasteiger partial charge in [-0.1, -0.05) is 12.1 Å². The molecule has 0 bridgehead atoms. The lowest BCUT2D eigenvalue weighted by molar-refractivity contribution is 0.0689. The van der Waals surface area contributed by atoms with E-state index in [9.17, 15) is 9.59 Å². The largest absolute Gasteiger partial charge is 0.476 e. The fourth-order valence-corrected chi connectivity index (χ4v) is 2.64. The van der Waals surface area contributed by atoms with Gasteiger partial charge in [0, 0.05) is 31.0 Å². The molecular weight excluding hydrogens is 308 g/mol. The molecule has 0 aliphatic heterocycles. The minimum Gasteiger partial charge on any atom is -0.476 e. The molecule has 7 nitrogen and oxygen atoms in total. The van der Waals surface area contributed by atoms with Crippen LogP contribution in [0.25, 0.3) is 16.9 Å². The van der Waals surface area contributed by atoms with Crippen molar-refractivity contribution in [2.24, 2.45) is 7.05 Å². The normalized spacial score (nSPS) is 11.2. The van der Waals surface area contributed by atoms with Crippen molar-refractivity contribution < 1.29 is 9.90 Å². The fraction of sp³-hybridized carbons (Fsp3) is 0.235. The zero-order chi connectivity index (χ0) is 17.4. The van der Waals surface area contributed by atoms with Gasteiger partial charge in [0.2, 0.25) is 0 Å². The van der Waals surface area contributed by atoms with Crippen molar-refractivity contribution in [1.82, 2.24) is 18.9 Å². The van der Waals surface area contributed by atoms with E-state index in [2.05, 4.69) is 5.10 Å². The molecule has 124 valence electrons. The number of aromatic nitrogens is 4. The second kappa shape index (κ2) is 5.84. The van der Waals surface area contributed by atoms with Gasteiger partial charge in [-0.05, 0) is 32.0 Å². The van der Waals surface area contributed by atoms with E-state index in [1.54, 1.807) is 28.6 Å². The fourth-order valence-electron chi connectivity index (χ4n) is 2.64. The Kier molecular flexibility index (Phi) is 3.84. The Bertz CT molecular complexity index is 962. The molecule has 1 N–H and O–H groups in total. The minimum atomic E-state index is -1.07. The van der Waals surface area contributed by atoms with Crippen LogP contribution in [0.5, 0.6) is 0 Å². The molecule has 24 heavy (non-hydrogen) atoms. The lowest BCUT2D eigenvalue weighted by atomic mass is 10.1. The highest BCUT2D eigenvalue weighted by molar-refractivity contribution is 5.87. The molecule has 0 aliphatic rings. The first-order chi connectivity index (χ1) is 11.4. The van der Waals surface area contributed by atoms with Crippen LogP contribution in [0.15, 0.2) is 47.5 Å². The SMILES string of the molecule is CC(C)n1ccn(-c2cccc(-c3cc(C(=O)O)nn3C)c2)c1=O. The summed E-state index contributed by atoms with van der Waals surface area (Å²) < 4.78 is 4.74. The molecular formula is C17H18N4O3. The highest BCUT2D eigenvalue weighted by atomic mass is 16.4. The first-order valence-electron chi connectivity index (χ1n) is 7.56. The highest BCUT2D eigenvalue weighted by Crippen LogP contribution is 2.22. The third-order valence-electron chi connectivity index (χ3n) is 3.88. The smallest absolute Gasteiger partial charge is 0.356 e. The van der Waals surface area contributed by atoms with Crippen LogP contribution in [-0.2, 0) is 7.05 Å². The summed E-state index contributed by atoms with van der Waals surface area (Å²) in [4.78, 5) is 23.5. The molecule has 0 saturated carbocycles. The predicted molar refractivity (Wildman–Crippen MR) is 89.6 cm³/mol. The molecule has 0 spiro atoms. The molecule has 0 atom stereocenters. The summed E-state index contributed by atoms with van der Waals surface area (Å²) in [5.41, 5.74) is 2.05. The number of nitrogens with zero attached hydrogens (tertiary/aromatic N) is 4. The van der Waals surface area contributed by atoms with E-state index in [0.29, 0.717) is 5.69 Å². The Hall–Kier alpha value is -3.09. The number of benzene rings is 1. The molecule has 0 unspecified atom stereocenters. The van der Waals surface area contributed by atoms with E-state index in [1.165, 1.54) is 10.7 Å². The molecule has 1 aromatic carbocycles. The molecule has 0 fully saturated rings. The zero-order valence-electron chi connectivity index (χ0n) is 13.7.